The van der Waals surface area contributed by atoms with Crippen molar-refractivity contribution < 1.29 is 14.6 Å². The van der Waals surface area contributed by atoms with Crippen molar-refractivity contribution >= 4 is 41.0 Å². The highest BCUT2D eigenvalue weighted by Gasteiger charge is 2.23. The Bertz CT molecular complexity index is 1150. The van der Waals surface area contributed by atoms with Crippen molar-refractivity contribution in [1.29, 1.82) is 0 Å². The zero-order valence-corrected chi connectivity index (χ0v) is 16.4. The summed E-state index contributed by atoms with van der Waals surface area (Å²) >= 11 is 11.9. The van der Waals surface area contributed by atoms with Gasteiger partial charge in [-0.3, -0.25) is 4.79 Å². The monoisotopic (exact) mass is 424 g/mol. The molecular formula is C22H14Cl2N2O3. The first-order chi connectivity index (χ1) is 14.0. The Morgan fingerprint density at radius 1 is 0.931 bits per heavy atom. The number of benzene rings is 3. The predicted molar refractivity (Wildman–Crippen MR) is 114 cm³/mol. The van der Waals surface area contributed by atoms with Crippen LogP contribution in [0.5, 0.6) is 17.2 Å². The number of rotatable bonds is 4. The Morgan fingerprint density at radius 3 is 2.48 bits per heavy atom. The maximum absolute atomic E-state index is 12.3. The number of amidine groups is 1. The van der Waals surface area contributed by atoms with Gasteiger partial charge < -0.3 is 15.2 Å². The summed E-state index contributed by atoms with van der Waals surface area (Å²) in [6.07, 6.45) is 1.64. The highest BCUT2D eigenvalue weighted by molar-refractivity contribution is 6.31. The molecule has 3 aromatic carbocycles. The first kappa shape index (κ1) is 19.1. The number of ether oxygens (including phenoxy) is 1. The number of aromatic hydroxyl groups is 1. The second kappa shape index (κ2) is 7.99. The lowest BCUT2D eigenvalue weighted by molar-refractivity contribution is -0.115. The van der Waals surface area contributed by atoms with Crippen molar-refractivity contribution in [1.82, 2.24) is 5.32 Å². The van der Waals surface area contributed by atoms with Crippen LogP contribution in [0.2, 0.25) is 10.0 Å². The Morgan fingerprint density at radius 2 is 1.69 bits per heavy atom. The highest BCUT2D eigenvalue weighted by atomic mass is 35.5. The average molecular weight is 425 g/mol. The molecule has 29 heavy (non-hydrogen) atoms. The van der Waals surface area contributed by atoms with Crippen LogP contribution in [-0.4, -0.2) is 16.8 Å². The van der Waals surface area contributed by atoms with E-state index in [4.69, 9.17) is 27.9 Å². The molecule has 0 saturated carbocycles. The molecule has 3 aromatic rings. The van der Waals surface area contributed by atoms with Crippen molar-refractivity contribution in [3.8, 4) is 17.2 Å². The summed E-state index contributed by atoms with van der Waals surface area (Å²) in [5.74, 6) is 1.11. The number of amides is 1. The standard InChI is InChI=1S/C22H14Cl2N2O3/c23-14-4-7-16(8-5-14)29-17-3-1-2-13(10-17)11-19-22(28)26-21(25-19)18-12-15(24)6-9-20(18)27/h1-12,27H,(H,25,26,28). The Kier molecular flexibility index (Phi) is 5.25. The minimum absolute atomic E-state index is 0.0203. The van der Waals surface area contributed by atoms with Gasteiger partial charge in [0.15, 0.2) is 0 Å². The summed E-state index contributed by atoms with van der Waals surface area (Å²) in [5.41, 5.74) is 1.30. The SMILES string of the molecule is O=C1NC(c2cc(Cl)ccc2O)=NC1=Cc1cccc(Oc2ccc(Cl)cc2)c1. The van der Waals surface area contributed by atoms with E-state index in [0.717, 1.165) is 5.56 Å². The molecule has 1 aliphatic heterocycles. The van der Waals surface area contributed by atoms with Crippen LogP contribution in [0.15, 0.2) is 77.4 Å². The van der Waals surface area contributed by atoms with Crippen LogP contribution in [0, 0.1) is 0 Å². The molecule has 1 amide bonds. The summed E-state index contributed by atoms with van der Waals surface area (Å²) in [5, 5.41) is 13.7. The van der Waals surface area contributed by atoms with Crippen LogP contribution in [0.4, 0.5) is 0 Å². The number of hydrogen-bond donors (Lipinski definition) is 2. The zero-order chi connectivity index (χ0) is 20.4. The van der Waals surface area contributed by atoms with Crippen molar-refractivity contribution in [2.45, 2.75) is 0 Å². The maximum atomic E-state index is 12.3. The molecule has 1 heterocycles. The van der Waals surface area contributed by atoms with E-state index in [2.05, 4.69) is 10.3 Å². The first-order valence-corrected chi connectivity index (χ1v) is 9.38. The minimum atomic E-state index is -0.372. The molecule has 1 aliphatic rings. The lowest BCUT2D eigenvalue weighted by Crippen LogP contribution is -2.24. The quantitative estimate of drug-likeness (QED) is 0.550. The number of halogens is 2. The van der Waals surface area contributed by atoms with Crippen LogP contribution in [0.1, 0.15) is 11.1 Å². The van der Waals surface area contributed by atoms with Gasteiger partial charge in [0.25, 0.3) is 5.91 Å². The predicted octanol–water partition coefficient (Wildman–Crippen LogP) is 5.41. The average Bonchev–Trinajstić information content (AvgIpc) is 3.06. The first-order valence-electron chi connectivity index (χ1n) is 8.62. The van der Waals surface area contributed by atoms with Gasteiger partial charge >= 0.3 is 0 Å². The topological polar surface area (TPSA) is 70.9 Å². The molecule has 7 heteroatoms. The van der Waals surface area contributed by atoms with Crippen LogP contribution in [0.25, 0.3) is 6.08 Å². The molecule has 0 saturated heterocycles. The van der Waals surface area contributed by atoms with Crippen LogP contribution in [0.3, 0.4) is 0 Å². The summed E-state index contributed by atoms with van der Waals surface area (Å²) in [6.45, 7) is 0. The third kappa shape index (κ3) is 4.42. The number of phenols is 1. The third-order valence-electron chi connectivity index (χ3n) is 4.12. The number of aliphatic imine (C=N–C) groups is 1. The normalized spacial score (nSPS) is 14.6. The molecule has 2 N–H and O–H groups in total. The van der Waals surface area contributed by atoms with Gasteiger partial charge in [-0.2, -0.15) is 0 Å². The van der Waals surface area contributed by atoms with Gasteiger partial charge in [-0.1, -0.05) is 35.3 Å². The summed E-state index contributed by atoms with van der Waals surface area (Å²) in [4.78, 5) is 16.6. The Hall–Kier alpha value is -3.28. The molecule has 0 aromatic heterocycles. The third-order valence-corrected chi connectivity index (χ3v) is 4.61. The molecule has 0 aliphatic carbocycles. The molecular weight excluding hydrogens is 411 g/mol. The molecule has 144 valence electrons. The molecule has 0 atom stereocenters. The van der Waals surface area contributed by atoms with E-state index in [1.54, 1.807) is 48.5 Å². The Balaban J connectivity index is 1.60. The van der Waals surface area contributed by atoms with Crippen molar-refractivity contribution in [3.63, 3.8) is 0 Å². The van der Waals surface area contributed by atoms with E-state index in [0.29, 0.717) is 27.1 Å². The fourth-order valence-corrected chi connectivity index (χ4v) is 3.06. The number of phenolic OH excluding ortho intramolecular Hbond substituents is 1. The molecule has 0 fully saturated rings. The number of nitrogens with zero attached hydrogens (tertiary/aromatic N) is 1. The number of hydrogen-bond acceptors (Lipinski definition) is 4. The Labute approximate surface area is 176 Å². The lowest BCUT2D eigenvalue weighted by atomic mass is 10.2. The summed E-state index contributed by atoms with van der Waals surface area (Å²) in [7, 11) is 0. The van der Waals surface area contributed by atoms with Crippen LogP contribution < -0.4 is 10.1 Å². The van der Waals surface area contributed by atoms with Gasteiger partial charge in [0.2, 0.25) is 0 Å². The smallest absolute Gasteiger partial charge is 0.275 e. The van der Waals surface area contributed by atoms with E-state index >= 15 is 0 Å². The second-order valence-corrected chi connectivity index (χ2v) is 7.11. The molecule has 0 spiro atoms. The van der Waals surface area contributed by atoms with E-state index in [9.17, 15) is 9.90 Å². The fourth-order valence-electron chi connectivity index (χ4n) is 2.76. The zero-order valence-electron chi connectivity index (χ0n) is 14.9. The summed E-state index contributed by atoms with van der Waals surface area (Å²) < 4.78 is 5.81. The van der Waals surface area contributed by atoms with Gasteiger partial charge in [-0.05, 0) is 66.2 Å². The van der Waals surface area contributed by atoms with Gasteiger partial charge in [0.1, 0.15) is 28.8 Å². The number of nitrogens with one attached hydrogen (secondary N) is 1. The number of carbonyl (C=O) groups is 1. The van der Waals surface area contributed by atoms with Crippen LogP contribution in [-0.2, 0) is 4.79 Å². The molecule has 0 unspecified atom stereocenters. The van der Waals surface area contributed by atoms with Crippen molar-refractivity contribution in [2.24, 2.45) is 4.99 Å². The highest BCUT2D eigenvalue weighted by Crippen LogP contribution is 2.27. The van der Waals surface area contributed by atoms with Gasteiger partial charge in [-0.25, -0.2) is 4.99 Å². The second-order valence-electron chi connectivity index (χ2n) is 6.23. The van der Waals surface area contributed by atoms with Crippen molar-refractivity contribution in [3.05, 3.63) is 93.6 Å². The fraction of sp³-hybridized carbons (Fsp3) is 0. The van der Waals surface area contributed by atoms with E-state index in [1.807, 2.05) is 18.2 Å². The van der Waals surface area contributed by atoms with E-state index in [-0.39, 0.29) is 23.2 Å². The number of carbonyl (C=O) groups excluding carboxylic acids is 1. The van der Waals surface area contributed by atoms with E-state index in [1.165, 1.54) is 6.07 Å². The van der Waals surface area contributed by atoms with Gasteiger partial charge in [0, 0.05) is 10.0 Å². The van der Waals surface area contributed by atoms with E-state index < -0.39 is 0 Å². The molecule has 5 nitrogen and oxygen atoms in total. The van der Waals surface area contributed by atoms with Gasteiger partial charge in [0.05, 0.1) is 5.56 Å². The largest absolute Gasteiger partial charge is 0.507 e. The minimum Gasteiger partial charge on any atom is -0.507 e. The summed E-state index contributed by atoms with van der Waals surface area (Å²) in [6, 6.07) is 18.8. The maximum Gasteiger partial charge on any atom is 0.275 e. The van der Waals surface area contributed by atoms with Crippen molar-refractivity contribution in [2.75, 3.05) is 0 Å². The molecule has 0 radical (unpaired) electrons. The van der Waals surface area contributed by atoms with Gasteiger partial charge in [-0.15, -0.1) is 0 Å². The molecule has 0 bridgehead atoms. The van der Waals surface area contributed by atoms with Crippen LogP contribution >= 0.6 is 23.2 Å². The lowest BCUT2D eigenvalue weighted by Gasteiger charge is -2.06. The molecule has 4 rings (SSSR count).